The first-order valence-corrected chi connectivity index (χ1v) is 11.3. The third-order valence-corrected chi connectivity index (χ3v) is 6.45. The zero-order valence-corrected chi connectivity index (χ0v) is 18.2. The molecular formula is C25H30N4O2. The average molecular weight is 419 g/mol. The maximum Gasteiger partial charge on any atom is 0.139 e. The SMILES string of the molecule is COc1cccc(CC2CCCN(c3ncnc4cc(N5CCOCC5)ccc34)C2)c1. The standard InChI is InChI=1S/C25H30N4O2/c1-30-22-6-2-4-19(15-22)14-20-5-3-9-29(17-20)25-23-8-7-21(16-24(23)26-18-27-25)28-10-12-31-13-11-28/h2,4,6-8,15-16,18,20H,3,5,9-14,17H2,1H3. The highest BCUT2D eigenvalue weighted by molar-refractivity contribution is 5.91. The van der Waals surface area contributed by atoms with Crippen LogP contribution in [0.15, 0.2) is 48.8 Å². The third kappa shape index (κ3) is 4.44. The third-order valence-electron chi connectivity index (χ3n) is 6.45. The summed E-state index contributed by atoms with van der Waals surface area (Å²) in [7, 11) is 1.73. The van der Waals surface area contributed by atoms with Gasteiger partial charge in [-0.2, -0.15) is 0 Å². The summed E-state index contributed by atoms with van der Waals surface area (Å²) in [6.45, 7) is 5.51. The van der Waals surface area contributed by atoms with Crippen molar-refractivity contribution in [2.45, 2.75) is 19.3 Å². The van der Waals surface area contributed by atoms with Gasteiger partial charge in [-0.15, -0.1) is 0 Å². The monoisotopic (exact) mass is 418 g/mol. The molecule has 3 aromatic rings. The van der Waals surface area contributed by atoms with Crippen molar-refractivity contribution in [3.05, 3.63) is 54.4 Å². The number of morpholine rings is 1. The fourth-order valence-electron chi connectivity index (χ4n) is 4.86. The minimum atomic E-state index is 0.610. The van der Waals surface area contributed by atoms with Gasteiger partial charge in [0.25, 0.3) is 0 Å². The summed E-state index contributed by atoms with van der Waals surface area (Å²) < 4.78 is 10.9. The number of hydrogen-bond acceptors (Lipinski definition) is 6. The van der Waals surface area contributed by atoms with Crippen LogP contribution in [0, 0.1) is 5.92 Å². The van der Waals surface area contributed by atoms with Crippen molar-refractivity contribution in [3.63, 3.8) is 0 Å². The number of nitrogens with zero attached hydrogens (tertiary/aromatic N) is 4. The van der Waals surface area contributed by atoms with Crippen molar-refractivity contribution in [1.29, 1.82) is 0 Å². The molecular weight excluding hydrogens is 388 g/mol. The van der Waals surface area contributed by atoms with Crippen LogP contribution in [0.5, 0.6) is 5.75 Å². The van der Waals surface area contributed by atoms with Crippen LogP contribution in [-0.2, 0) is 11.2 Å². The molecule has 0 spiro atoms. The molecule has 1 atom stereocenters. The number of methoxy groups -OCH3 is 1. The number of benzene rings is 2. The molecule has 6 heteroatoms. The van der Waals surface area contributed by atoms with Crippen LogP contribution in [-0.4, -0.2) is 56.5 Å². The predicted molar refractivity (Wildman–Crippen MR) is 124 cm³/mol. The molecule has 0 aliphatic carbocycles. The summed E-state index contributed by atoms with van der Waals surface area (Å²) in [5.74, 6) is 2.61. The summed E-state index contributed by atoms with van der Waals surface area (Å²) in [6.07, 6.45) is 5.22. The normalized spacial score (nSPS) is 19.6. The zero-order valence-electron chi connectivity index (χ0n) is 18.2. The minimum absolute atomic E-state index is 0.610. The Labute approximate surface area is 183 Å². The van der Waals surface area contributed by atoms with Crippen LogP contribution in [0.4, 0.5) is 11.5 Å². The van der Waals surface area contributed by atoms with Gasteiger partial charge < -0.3 is 19.3 Å². The van der Waals surface area contributed by atoms with E-state index in [4.69, 9.17) is 14.5 Å². The summed E-state index contributed by atoms with van der Waals surface area (Å²) >= 11 is 0. The van der Waals surface area contributed by atoms with Gasteiger partial charge in [0.15, 0.2) is 0 Å². The maximum atomic E-state index is 5.49. The van der Waals surface area contributed by atoms with Gasteiger partial charge in [-0.25, -0.2) is 9.97 Å². The first kappa shape index (κ1) is 20.1. The van der Waals surface area contributed by atoms with Crippen LogP contribution in [0.25, 0.3) is 10.9 Å². The highest BCUT2D eigenvalue weighted by Crippen LogP contribution is 2.31. The van der Waals surface area contributed by atoms with Crippen molar-refractivity contribution in [2.24, 2.45) is 5.92 Å². The maximum absolute atomic E-state index is 5.49. The largest absolute Gasteiger partial charge is 0.497 e. The fraction of sp³-hybridized carbons (Fsp3) is 0.440. The molecule has 5 rings (SSSR count). The number of ether oxygens (including phenoxy) is 2. The number of piperidine rings is 1. The Balaban J connectivity index is 1.35. The van der Waals surface area contributed by atoms with E-state index < -0.39 is 0 Å². The second-order valence-corrected chi connectivity index (χ2v) is 8.51. The zero-order chi connectivity index (χ0) is 21.0. The highest BCUT2D eigenvalue weighted by Gasteiger charge is 2.23. The van der Waals surface area contributed by atoms with E-state index in [1.54, 1.807) is 13.4 Å². The average Bonchev–Trinajstić information content (AvgIpc) is 2.84. The molecule has 31 heavy (non-hydrogen) atoms. The Morgan fingerprint density at radius 2 is 1.94 bits per heavy atom. The van der Waals surface area contributed by atoms with E-state index in [-0.39, 0.29) is 0 Å². The Kier molecular flexibility index (Phi) is 5.89. The van der Waals surface area contributed by atoms with Crippen molar-refractivity contribution >= 4 is 22.4 Å². The van der Waals surface area contributed by atoms with E-state index in [1.165, 1.54) is 24.1 Å². The van der Waals surface area contributed by atoms with Crippen molar-refractivity contribution < 1.29 is 9.47 Å². The van der Waals surface area contributed by atoms with Crippen LogP contribution in [0.3, 0.4) is 0 Å². The lowest BCUT2D eigenvalue weighted by molar-refractivity contribution is 0.122. The van der Waals surface area contributed by atoms with E-state index in [2.05, 4.69) is 51.2 Å². The van der Waals surface area contributed by atoms with Gasteiger partial charge in [-0.05, 0) is 61.1 Å². The number of aromatic nitrogens is 2. The number of anilines is 2. The van der Waals surface area contributed by atoms with Gasteiger partial charge in [0.2, 0.25) is 0 Å². The van der Waals surface area contributed by atoms with Crippen LogP contribution >= 0.6 is 0 Å². The molecule has 6 nitrogen and oxygen atoms in total. The molecule has 0 N–H and O–H groups in total. The van der Waals surface area contributed by atoms with Gasteiger partial charge in [-0.3, -0.25) is 0 Å². The first-order valence-electron chi connectivity index (χ1n) is 11.3. The van der Waals surface area contributed by atoms with Crippen LogP contribution < -0.4 is 14.5 Å². The Hall–Kier alpha value is -2.86. The topological polar surface area (TPSA) is 50.7 Å². The van der Waals surface area contributed by atoms with Crippen molar-refractivity contribution in [3.8, 4) is 5.75 Å². The molecule has 162 valence electrons. The lowest BCUT2D eigenvalue weighted by Gasteiger charge is -2.34. The smallest absolute Gasteiger partial charge is 0.139 e. The molecule has 0 radical (unpaired) electrons. The summed E-state index contributed by atoms with van der Waals surface area (Å²) in [5.41, 5.74) is 3.58. The van der Waals surface area contributed by atoms with Crippen LogP contribution in [0.1, 0.15) is 18.4 Å². The Morgan fingerprint density at radius 1 is 1.03 bits per heavy atom. The van der Waals surface area contributed by atoms with Crippen LogP contribution in [0.2, 0.25) is 0 Å². The Bertz CT molecular complexity index is 1030. The van der Waals surface area contributed by atoms with Gasteiger partial charge in [0, 0.05) is 37.3 Å². The number of hydrogen-bond donors (Lipinski definition) is 0. The number of rotatable bonds is 5. The summed E-state index contributed by atoms with van der Waals surface area (Å²) in [5, 5.41) is 1.14. The molecule has 2 aliphatic heterocycles. The van der Waals surface area contributed by atoms with Gasteiger partial charge in [0.05, 0.1) is 25.8 Å². The quantitative estimate of drug-likeness (QED) is 0.626. The van der Waals surface area contributed by atoms with Gasteiger partial charge >= 0.3 is 0 Å². The molecule has 0 saturated carbocycles. The minimum Gasteiger partial charge on any atom is -0.497 e. The van der Waals surface area contributed by atoms with E-state index in [1.807, 2.05) is 6.07 Å². The van der Waals surface area contributed by atoms with Crippen molar-refractivity contribution in [2.75, 3.05) is 56.3 Å². The fourth-order valence-corrected chi connectivity index (χ4v) is 4.86. The predicted octanol–water partition coefficient (Wildman–Crippen LogP) is 3.93. The van der Waals surface area contributed by atoms with E-state index in [0.717, 1.165) is 68.3 Å². The summed E-state index contributed by atoms with van der Waals surface area (Å²) in [6, 6.07) is 15.1. The van der Waals surface area contributed by atoms with Gasteiger partial charge in [-0.1, -0.05) is 12.1 Å². The second kappa shape index (κ2) is 9.10. The lowest BCUT2D eigenvalue weighted by atomic mass is 9.91. The molecule has 3 heterocycles. The van der Waals surface area contributed by atoms with E-state index in [0.29, 0.717) is 5.92 Å². The van der Waals surface area contributed by atoms with E-state index >= 15 is 0 Å². The molecule has 1 aromatic heterocycles. The summed E-state index contributed by atoms with van der Waals surface area (Å²) in [4.78, 5) is 14.1. The van der Waals surface area contributed by atoms with Crippen molar-refractivity contribution in [1.82, 2.24) is 9.97 Å². The molecule has 0 amide bonds. The molecule has 2 aliphatic rings. The molecule has 1 unspecified atom stereocenters. The Morgan fingerprint density at radius 3 is 2.81 bits per heavy atom. The lowest BCUT2D eigenvalue weighted by Crippen LogP contribution is -2.37. The molecule has 2 saturated heterocycles. The second-order valence-electron chi connectivity index (χ2n) is 8.51. The van der Waals surface area contributed by atoms with E-state index in [9.17, 15) is 0 Å². The van der Waals surface area contributed by atoms with Gasteiger partial charge in [0.1, 0.15) is 17.9 Å². The molecule has 0 bridgehead atoms. The first-order chi connectivity index (χ1) is 15.3. The number of fused-ring (bicyclic) bond motifs is 1. The molecule has 2 aromatic carbocycles. The highest BCUT2D eigenvalue weighted by atomic mass is 16.5. The molecule has 2 fully saturated rings.